The molecule has 0 heterocycles. The molecule has 1 N–H and O–H groups in total. The van der Waals surface area contributed by atoms with E-state index in [1.807, 2.05) is 0 Å². The summed E-state index contributed by atoms with van der Waals surface area (Å²) >= 11 is 0. The molecular formula is C11H15F3N2O2S. The highest BCUT2D eigenvalue weighted by Crippen LogP contribution is 2.21. The van der Waals surface area contributed by atoms with Crippen molar-refractivity contribution < 1.29 is 21.6 Å². The maximum Gasteiger partial charge on any atom is 0.252 e. The van der Waals surface area contributed by atoms with E-state index in [-0.39, 0.29) is 11.4 Å². The van der Waals surface area contributed by atoms with Gasteiger partial charge in [-0.2, -0.15) is 4.31 Å². The van der Waals surface area contributed by atoms with E-state index in [4.69, 9.17) is 0 Å². The molecule has 1 aromatic rings. The average molecular weight is 296 g/mol. The molecule has 0 radical (unpaired) electrons. The van der Waals surface area contributed by atoms with Crippen LogP contribution < -0.4 is 5.32 Å². The first kappa shape index (κ1) is 15.9. The second kappa shape index (κ2) is 6.36. The summed E-state index contributed by atoms with van der Waals surface area (Å²) in [5, 5.41) is 2.74. The van der Waals surface area contributed by atoms with Crippen molar-refractivity contribution in [3.8, 4) is 0 Å². The molecule has 0 saturated carbocycles. The molecule has 0 aliphatic rings. The number of alkyl halides is 2. The van der Waals surface area contributed by atoms with Crippen LogP contribution in [0.25, 0.3) is 0 Å². The van der Waals surface area contributed by atoms with Gasteiger partial charge in [-0.25, -0.2) is 21.6 Å². The topological polar surface area (TPSA) is 49.4 Å². The zero-order chi connectivity index (χ0) is 14.6. The molecule has 0 unspecified atom stereocenters. The number of rotatable bonds is 6. The molecule has 0 bridgehead atoms. The van der Waals surface area contributed by atoms with E-state index in [1.165, 1.54) is 6.07 Å². The van der Waals surface area contributed by atoms with Crippen molar-refractivity contribution in [1.29, 1.82) is 0 Å². The van der Waals surface area contributed by atoms with Gasteiger partial charge in [0.2, 0.25) is 10.0 Å². The largest absolute Gasteiger partial charge is 0.316 e. The van der Waals surface area contributed by atoms with Gasteiger partial charge in [-0.15, -0.1) is 0 Å². The van der Waals surface area contributed by atoms with Crippen molar-refractivity contribution in [1.82, 2.24) is 9.62 Å². The summed E-state index contributed by atoms with van der Waals surface area (Å²) in [6.45, 7) is -0.741. The summed E-state index contributed by atoms with van der Waals surface area (Å²) < 4.78 is 62.5. The van der Waals surface area contributed by atoms with Crippen LogP contribution in [0.15, 0.2) is 23.1 Å². The minimum Gasteiger partial charge on any atom is -0.316 e. The molecule has 1 rings (SSSR count). The van der Waals surface area contributed by atoms with Crippen LogP contribution in [-0.4, -0.2) is 39.8 Å². The predicted molar refractivity (Wildman–Crippen MR) is 65.0 cm³/mol. The Bertz CT molecular complexity index is 535. The normalized spacial score (nSPS) is 12.4. The standard InChI is InChI=1S/C11H15F3N2O2S/c1-15-6-8-3-4-9(12)5-10(8)19(17,18)16(2)7-11(13)14/h3-5,11,15H,6-7H2,1-2H3. The fraction of sp³-hybridized carbons (Fsp3) is 0.455. The second-order valence-corrected chi connectivity index (χ2v) is 5.97. The summed E-state index contributed by atoms with van der Waals surface area (Å²) in [6, 6.07) is 3.28. The van der Waals surface area contributed by atoms with Crippen molar-refractivity contribution in [3.63, 3.8) is 0 Å². The Morgan fingerprint density at radius 3 is 2.53 bits per heavy atom. The number of hydrogen-bond acceptors (Lipinski definition) is 3. The Morgan fingerprint density at radius 1 is 1.37 bits per heavy atom. The van der Waals surface area contributed by atoms with E-state index in [9.17, 15) is 21.6 Å². The minimum absolute atomic E-state index is 0.192. The fourth-order valence-electron chi connectivity index (χ4n) is 1.57. The van der Waals surface area contributed by atoms with Crippen molar-refractivity contribution in [2.45, 2.75) is 17.9 Å². The van der Waals surface area contributed by atoms with Crippen LogP contribution in [0.1, 0.15) is 5.56 Å². The van der Waals surface area contributed by atoms with Gasteiger partial charge in [0.05, 0.1) is 11.4 Å². The van der Waals surface area contributed by atoms with E-state index in [0.29, 0.717) is 9.87 Å². The van der Waals surface area contributed by atoms with Crippen molar-refractivity contribution in [2.24, 2.45) is 0 Å². The van der Waals surface area contributed by atoms with Gasteiger partial charge in [-0.3, -0.25) is 0 Å². The van der Waals surface area contributed by atoms with Crippen LogP contribution in [-0.2, 0) is 16.6 Å². The van der Waals surface area contributed by atoms with Crippen LogP contribution in [0, 0.1) is 5.82 Å². The highest BCUT2D eigenvalue weighted by atomic mass is 32.2. The molecule has 19 heavy (non-hydrogen) atoms. The lowest BCUT2D eigenvalue weighted by Crippen LogP contribution is -2.32. The first-order chi connectivity index (χ1) is 8.78. The molecule has 0 atom stereocenters. The number of nitrogens with one attached hydrogen (secondary N) is 1. The molecule has 0 fully saturated rings. The van der Waals surface area contributed by atoms with Crippen LogP contribution in [0.5, 0.6) is 0 Å². The molecule has 0 aliphatic heterocycles. The van der Waals surface area contributed by atoms with Gasteiger partial charge < -0.3 is 5.32 Å². The fourth-order valence-corrected chi connectivity index (χ4v) is 2.94. The Balaban J connectivity index is 3.22. The molecule has 108 valence electrons. The van der Waals surface area contributed by atoms with Crippen LogP contribution in [0.2, 0.25) is 0 Å². The molecule has 0 spiro atoms. The van der Waals surface area contributed by atoms with E-state index >= 15 is 0 Å². The summed E-state index contributed by atoms with van der Waals surface area (Å²) in [4.78, 5) is -0.301. The van der Waals surface area contributed by atoms with Crippen molar-refractivity contribution in [3.05, 3.63) is 29.6 Å². The quantitative estimate of drug-likeness (QED) is 0.864. The third-order valence-electron chi connectivity index (χ3n) is 2.48. The molecule has 0 saturated heterocycles. The van der Waals surface area contributed by atoms with Gasteiger partial charge in [0.1, 0.15) is 5.82 Å². The first-order valence-electron chi connectivity index (χ1n) is 5.46. The predicted octanol–water partition coefficient (Wildman–Crippen LogP) is 1.43. The van der Waals surface area contributed by atoms with E-state index < -0.39 is 28.8 Å². The Labute approximate surface area is 110 Å². The number of sulfonamides is 1. The zero-order valence-electron chi connectivity index (χ0n) is 10.5. The molecule has 0 amide bonds. The van der Waals surface area contributed by atoms with Crippen molar-refractivity contribution in [2.75, 3.05) is 20.6 Å². The average Bonchev–Trinajstić information content (AvgIpc) is 2.30. The number of halogens is 3. The first-order valence-corrected chi connectivity index (χ1v) is 6.90. The van der Waals surface area contributed by atoms with E-state index in [2.05, 4.69) is 5.32 Å². The lowest BCUT2D eigenvalue weighted by Gasteiger charge is -2.19. The Hall–Kier alpha value is -1.12. The van der Waals surface area contributed by atoms with E-state index in [0.717, 1.165) is 19.2 Å². The summed E-state index contributed by atoms with van der Waals surface area (Å²) in [7, 11) is -1.50. The van der Waals surface area contributed by atoms with Gasteiger partial charge in [-0.05, 0) is 24.7 Å². The molecule has 1 aromatic carbocycles. The van der Waals surface area contributed by atoms with E-state index in [1.54, 1.807) is 7.05 Å². The Morgan fingerprint density at radius 2 is 2.00 bits per heavy atom. The lowest BCUT2D eigenvalue weighted by molar-refractivity contribution is 0.126. The highest BCUT2D eigenvalue weighted by molar-refractivity contribution is 7.89. The molecule has 0 aliphatic carbocycles. The van der Waals surface area contributed by atoms with Gasteiger partial charge in [0, 0.05) is 13.6 Å². The number of nitrogens with zero attached hydrogens (tertiary/aromatic N) is 1. The Kier molecular flexibility index (Phi) is 5.33. The molecular weight excluding hydrogens is 281 g/mol. The van der Waals surface area contributed by atoms with Gasteiger partial charge >= 0.3 is 0 Å². The third-order valence-corrected chi connectivity index (χ3v) is 4.39. The van der Waals surface area contributed by atoms with Gasteiger partial charge in [0.15, 0.2) is 0 Å². The van der Waals surface area contributed by atoms with Gasteiger partial charge in [-0.1, -0.05) is 6.07 Å². The van der Waals surface area contributed by atoms with Crippen LogP contribution >= 0.6 is 0 Å². The molecule has 8 heteroatoms. The number of hydrogen-bond donors (Lipinski definition) is 1. The SMILES string of the molecule is CNCc1ccc(F)cc1S(=O)(=O)N(C)CC(F)F. The monoisotopic (exact) mass is 296 g/mol. The third kappa shape index (κ3) is 3.92. The summed E-state index contributed by atoms with van der Waals surface area (Å²) in [6.07, 6.45) is -2.79. The number of benzene rings is 1. The van der Waals surface area contributed by atoms with Gasteiger partial charge in [0.25, 0.3) is 6.43 Å². The lowest BCUT2D eigenvalue weighted by atomic mass is 10.2. The summed E-state index contributed by atoms with van der Waals surface area (Å²) in [5.41, 5.74) is 0.324. The minimum atomic E-state index is -4.14. The van der Waals surface area contributed by atoms with Crippen LogP contribution in [0.4, 0.5) is 13.2 Å². The van der Waals surface area contributed by atoms with Crippen LogP contribution in [0.3, 0.4) is 0 Å². The second-order valence-electron chi connectivity index (χ2n) is 3.96. The highest BCUT2D eigenvalue weighted by Gasteiger charge is 2.26. The molecule has 0 aromatic heterocycles. The van der Waals surface area contributed by atoms with Crippen molar-refractivity contribution >= 4 is 10.0 Å². The smallest absolute Gasteiger partial charge is 0.252 e. The molecule has 4 nitrogen and oxygen atoms in total. The maximum atomic E-state index is 13.2. The summed E-state index contributed by atoms with van der Waals surface area (Å²) in [5.74, 6) is -0.733. The maximum absolute atomic E-state index is 13.2. The zero-order valence-corrected chi connectivity index (χ0v) is 11.3.